The van der Waals surface area contributed by atoms with Gasteiger partial charge < -0.3 is 9.72 Å². The molecule has 1 heterocycles. The van der Waals surface area contributed by atoms with Gasteiger partial charge in [-0.2, -0.15) is 13.2 Å². The summed E-state index contributed by atoms with van der Waals surface area (Å²) in [4.78, 5) is 8.26. The molecule has 1 aromatic carbocycles. The summed E-state index contributed by atoms with van der Waals surface area (Å²) in [5.74, 6) is 0.844. The fraction of sp³-hybridized carbons (Fsp3) is 0.438. The average Bonchev–Trinajstić information content (AvgIpc) is 2.99. The Bertz CT molecular complexity index is 618. The van der Waals surface area contributed by atoms with Crippen LogP contribution in [-0.4, -0.2) is 34.2 Å². The summed E-state index contributed by atoms with van der Waals surface area (Å²) in [6.45, 7) is 7.83. The van der Waals surface area contributed by atoms with Crippen LogP contribution >= 0.6 is 0 Å². The summed E-state index contributed by atoms with van der Waals surface area (Å²) in [7, 11) is 0. The summed E-state index contributed by atoms with van der Waals surface area (Å²) in [5, 5.41) is 0. The molecule has 0 spiro atoms. The fourth-order valence-electron chi connectivity index (χ4n) is 2.32. The molecule has 23 heavy (non-hydrogen) atoms. The standard InChI is InChI=1S/C16H20F3N3O/c1-4-22(5-2)11(3)23-13-8-6-12(7-9-13)15-20-10-14(21-15)16(17,18)19/h6-11H,4-5H2,1-3H3,(H,20,21). The molecule has 1 atom stereocenters. The Balaban J connectivity index is 2.09. The van der Waals surface area contributed by atoms with E-state index in [2.05, 4.69) is 28.7 Å². The van der Waals surface area contributed by atoms with Crippen molar-refractivity contribution in [2.45, 2.75) is 33.2 Å². The van der Waals surface area contributed by atoms with Crippen LogP contribution in [0.3, 0.4) is 0 Å². The van der Waals surface area contributed by atoms with E-state index < -0.39 is 11.9 Å². The first kappa shape index (κ1) is 17.3. The van der Waals surface area contributed by atoms with E-state index in [1.165, 1.54) is 0 Å². The van der Waals surface area contributed by atoms with Crippen LogP contribution in [0.1, 0.15) is 26.5 Å². The summed E-state index contributed by atoms with van der Waals surface area (Å²) < 4.78 is 43.5. The van der Waals surface area contributed by atoms with Gasteiger partial charge in [0.2, 0.25) is 0 Å². The molecular formula is C16H20F3N3O. The number of rotatable bonds is 6. The lowest BCUT2D eigenvalue weighted by Crippen LogP contribution is -2.36. The zero-order valence-electron chi connectivity index (χ0n) is 13.3. The first-order chi connectivity index (χ1) is 10.8. The number of ether oxygens (including phenoxy) is 1. The van der Waals surface area contributed by atoms with Gasteiger partial charge in [-0.1, -0.05) is 13.8 Å². The summed E-state index contributed by atoms with van der Waals surface area (Å²) in [6.07, 6.45) is -3.66. The van der Waals surface area contributed by atoms with Crippen LogP contribution in [0.25, 0.3) is 11.4 Å². The Hall–Kier alpha value is -2.02. The molecular weight excluding hydrogens is 307 g/mol. The normalized spacial score (nSPS) is 13.3. The number of hydrogen-bond donors (Lipinski definition) is 1. The maximum atomic E-state index is 12.6. The largest absolute Gasteiger partial charge is 0.475 e. The molecule has 7 heteroatoms. The van der Waals surface area contributed by atoms with E-state index in [0.29, 0.717) is 11.3 Å². The molecule has 126 valence electrons. The topological polar surface area (TPSA) is 41.1 Å². The van der Waals surface area contributed by atoms with Gasteiger partial charge in [-0.15, -0.1) is 0 Å². The molecule has 0 saturated heterocycles. The number of nitrogens with one attached hydrogen (secondary N) is 1. The highest BCUT2D eigenvalue weighted by molar-refractivity contribution is 5.56. The zero-order chi connectivity index (χ0) is 17.0. The number of benzene rings is 1. The molecule has 0 radical (unpaired) electrons. The minimum absolute atomic E-state index is 0.0729. The van der Waals surface area contributed by atoms with Gasteiger partial charge in [-0.3, -0.25) is 4.90 Å². The average molecular weight is 327 g/mol. The highest BCUT2D eigenvalue weighted by Crippen LogP contribution is 2.29. The van der Waals surface area contributed by atoms with Crippen molar-refractivity contribution in [1.82, 2.24) is 14.9 Å². The maximum Gasteiger partial charge on any atom is 0.434 e. The summed E-state index contributed by atoms with van der Waals surface area (Å²) in [5.41, 5.74) is -0.355. The third-order valence-electron chi connectivity index (χ3n) is 3.63. The minimum atomic E-state index is -4.45. The van der Waals surface area contributed by atoms with Crippen molar-refractivity contribution in [3.05, 3.63) is 36.2 Å². The van der Waals surface area contributed by atoms with Crippen molar-refractivity contribution in [1.29, 1.82) is 0 Å². The highest BCUT2D eigenvalue weighted by Gasteiger charge is 2.33. The molecule has 2 aromatic rings. The second kappa shape index (κ2) is 7.04. The lowest BCUT2D eigenvalue weighted by Gasteiger charge is -2.26. The van der Waals surface area contributed by atoms with Crippen LogP contribution in [0.15, 0.2) is 30.5 Å². The van der Waals surface area contributed by atoms with Crippen LogP contribution in [0.2, 0.25) is 0 Å². The van der Waals surface area contributed by atoms with Crippen LogP contribution in [0, 0.1) is 0 Å². The monoisotopic (exact) mass is 327 g/mol. The lowest BCUT2D eigenvalue weighted by molar-refractivity contribution is -0.140. The molecule has 0 saturated carbocycles. The van der Waals surface area contributed by atoms with Gasteiger partial charge in [-0.25, -0.2) is 4.98 Å². The molecule has 1 aromatic heterocycles. The number of hydrogen-bond acceptors (Lipinski definition) is 3. The highest BCUT2D eigenvalue weighted by atomic mass is 19.4. The van der Waals surface area contributed by atoms with Gasteiger partial charge in [0, 0.05) is 11.8 Å². The quantitative estimate of drug-likeness (QED) is 0.810. The second-order valence-electron chi connectivity index (χ2n) is 5.09. The van der Waals surface area contributed by atoms with E-state index in [-0.39, 0.29) is 12.1 Å². The molecule has 0 fully saturated rings. The van der Waals surface area contributed by atoms with Crippen LogP contribution < -0.4 is 4.74 Å². The SMILES string of the molecule is CCN(CC)C(C)Oc1ccc(-c2nc(C(F)(F)F)c[nH]2)cc1. The van der Waals surface area contributed by atoms with Crippen molar-refractivity contribution in [3.8, 4) is 17.1 Å². The van der Waals surface area contributed by atoms with Crippen molar-refractivity contribution in [3.63, 3.8) is 0 Å². The van der Waals surface area contributed by atoms with Crippen molar-refractivity contribution < 1.29 is 17.9 Å². The smallest absolute Gasteiger partial charge is 0.434 e. The minimum Gasteiger partial charge on any atom is -0.475 e. The van der Waals surface area contributed by atoms with Crippen LogP contribution in [0.4, 0.5) is 13.2 Å². The Kier molecular flexibility index (Phi) is 5.30. The Morgan fingerprint density at radius 2 is 1.78 bits per heavy atom. The number of aromatic amines is 1. The Morgan fingerprint density at radius 1 is 1.17 bits per heavy atom. The number of nitrogens with zero attached hydrogens (tertiary/aromatic N) is 2. The predicted molar refractivity (Wildman–Crippen MR) is 82.0 cm³/mol. The molecule has 0 amide bonds. The van der Waals surface area contributed by atoms with Gasteiger partial charge >= 0.3 is 6.18 Å². The van der Waals surface area contributed by atoms with Crippen molar-refractivity contribution >= 4 is 0 Å². The number of halogens is 3. The third-order valence-corrected chi connectivity index (χ3v) is 3.63. The van der Waals surface area contributed by atoms with Crippen molar-refractivity contribution in [2.75, 3.05) is 13.1 Å². The molecule has 0 aliphatic carbocycles. The number of imidazole rings is 1. The molecule has 2 rings (SSSR count). The Labute approximate surface area is 133 Å². The second-order valence-corrected chi connectivity index (χ2v) is 5.09. The van der Waals surface area contributed by atoms with E-state index >= 15 is 0 Å². The first-order valence-electron chi connectivity index (χ1n) is 7.48. The molecule has 0 bridgehead atoms. The van der Waals surface area contributed by atoms with Crippen LogP contribution in [-0.2, 0) is 6.18 Å². The van der Waals surface area contributed by atoms with Gasteiger partial charge in [0.05, 0.1) is 0 Å². The first-order valence-corrected chi connectivity index (χ1v) is 7.48. The third kappa shape index (κ3) is 4.25. The van der Waals surface area contributed by atoms with E-state index in [1.807, 2.05) is 6.92 Å². The summed E-state index contributed by atoms with van der Waals surface area (Å²) >= 11 is 0. The van der Waals surface area contributed by atoms with E-state index in [1.54, 1.807) is 24.3 Å². The number of aromatic nitrogens is 2. The molecule has 4 nitrogen and oxygen atoms in total. The number of H-pyrrole nitrogens is 1. The maximum absolute atomic E-state index is 12.6. The molecule has 1 unspecified atom stereocenters. The zero-order valence-corrected chi connectivity index (χ0v) is 13.3. The van der Waals surface area contributed by atoms with E-state index in [4.69, 9.17) is 4.74 Å². The van der Waals surface area contributed by atoms with Gasteiger partial charge in [0.1, 0.15) is 17.8 Å². The van der Waals surface area contributed by atoms with E-state index in [9.17, 15) is 13.2 Å². The van der Waals surface area contributed by atoms with Crippen molar-refractivity contribution in [2.24, 2.45) is 0 Å². The van der Waals surface area contributed by atoms with Crippen LogP contribution in [0.5, 0.6) is 5.75 Å². The predicted octanol–water partition coefficient (Wildman–Crippen LogP) is 4.16. The van der Waals surface area contributed by atoms with Gasteiger partial charge in [0.15, 0.2) is 5.69 Å². The Morgan fingerprint density at radius 3 is 2.26 bits per heavy atom. The fourth-order valence-corrected chi connectivity index (χ4v) is 2.32. The van der Waals surface area contributed by atoms with E-state index in [0.717, 1.165) is 19.3 Å². The van der Waals surface area contributed by atoms with Gasteiger partial charge in [0.25, 0.3) is 0 Å². The molecule has 0 aliphatic heterocycles. The number of alkyl halides is 3. The summed E-state index contributed by atoms with van der Waals surface area (Å²) in [6, 6.07) is 6.82. The molecule has 1 N–H and O–H groups in total. The van der Waals surface area contributed by atoms with Gasteiger partial charge in [-0.05, 0) is 44.3 Å². The lowest BCUT2D eigenvalue weighted by atomic mass is 10.2. The molecule has 0 aliphatic rings.